The van der Waals surface area contributed by atoms with Crippen molar-refractivity contribution in [1.82, 2.24) is 10.4 Å². The molecule has 2 aromatic rings. The highest BCUT2D eigenvalue weighted by Crippen LogP contribution is 2.13. The minimum Gasteiger partial charge on any atom is -0.484 e. The normalized spacial score (nSPS) is 9.96. The Kier molecular flexibility index (Phi) is 5.45. The summed E-state index contributed by atoms with van der Waals surface area (Å²) in [6, 6.07) is 10.2. The molecule has 0 saturated heterocycles. The van der Waals surface area contributed by atoms with Gasteiger partial charge in [0.15, 0.2) is 6.61 Å². The lowest BCUT2D eigenvalue weighted by atomic mass is 10.2. The lowest BCUT2D eigenvalue weighted by Crippen LogP contribution is -2.33. The molecule has 0 aliphatic carbocycles. The summed E-state index contributed by atoms with van der Waals surface area (Å²) in [5.41, 5.74) is 5.95. The molecule has 0 spiro atoms. The molecule has 0 atom stereocenters. The topological polar surface area (TPSA) is 106 Å². The first-order valence-electron chi connectivity index (χ1n) is 6.95. The van der Waals surface area contributed by atoms with Crippen LogP contribution < -0.4 is 15.6 Å². The molecule has 0 radical (unpaired) electrons. The van der Waals surface area contributed by atoms with E-state index < -0.39 is 10.8 Å². The van der Waals surface area contributed by atoms with Crippen LogP contribution in [0.25, 0.3) is 0 Å². The molecule has 0 bridgehead atoms. The summed E-state index contributed by atoms with van der Waals surface area (Å²) in [5.74, 6) is 0.511. The molecule has 120 valence electrons. The molecule has 1 amide bonds. The van der Waals surface area contributed by atoms with Gasteiger partial charge >= 0.3 is 0 Å². The number of aryl methyl sites for hydroxylation is 1. The zero-order chi connectivity index (χ0) is 16.7. The van der Waals surface area contributed by atoms with Crippen LogP contribution in [0, 0.1) is 10.1 Å². The fourth-order valence-electron chi connectivity index (χ4n) is 1.74. The average molecular weight is 316 g/mol. The fraction of sp³-hybridized carbons (Fsp3) is 0.200. The summed E-state index contributed by atoms with van der Waals surface area (Å²) in [6.45, 7) is 1.88. The molecule has 0 unspecified atom stereocenters. The van der Waals surface area contributed by atoms with Gasteiger partial charge in [-0.3, -0.25) is 25.8 Å². The van der Waals surface area contributed by atoms with Crippen molar-refractivity contribution in [2.45, 2.75) is 13.3 Å². The number of ether oxygens (including phenoxy) is 1. The SMILES string of the molecule is CCc1cccc(OCC(=O)NNc2ccc([N+](=O)[O-])cn2)c1. The quantitative estimate of drug-likeness (QED) is 0.598. The highest BCUT2D eigenvalue weighted by molar-refractivity contribution is 5.78. The number of carbonyl (C=O) groups is 1. The second-order valence-corrected chi connectivity index (χ2v) is 4.62. The van der Waals surface area contributed by atoms with E-state index in [-0.39, 0.29) is 18.1 Å². The van der Waals surface area contributed by atoms with Crippen molar-refractivity contribution in [2.75, 3.05) is 12.0 Å². The lowest BCUT2D eigenvalue weighted by Gasteiger charge is -2.09. The van der Waals surface area contributed by atoms with Gasteiger partial charge < -0.3 is 4.74 Å². The Morgan fingerprint density at radius 3 is 2.83 bits per heavy atom. The summed E-state index contributed by atoms with van der Waals surface area (Å²) in [6.07, 6.45) is 1.98. The smallest absolute Gasteiger partial charge is 0.287 e. The predicted octanol–water partition coefficient (Wildman–Crippen LogP) is 2.07. The predicted molar refractivity (Wildman–Crippen MR) is 84.0 cm³/mol. The maximum atomic E-state index is 11.7. The number of nitrogens with one attached hydrogen (secondary N) is 2. The first-order valence-corrected chi connectivity index (χ1v) is 6.95. The Morgan fingerprint density at radius 2 is 2.17 bits per heavy atom. The van der Waals surface area contributed by atoms with Gasteiger partial charge in [-0.25, -0.2) is 4.98 Å². The number of rotatable bonds is 7. The van der Waals surface area contributed by atoms with E-state index in [0.717, 1.165) is 18.2 Å². The Balaban J connectivity index is 1.79. The molecule has 2 rings (SSSR count). The van der Waals surface area contributed by atoms with Crippen LogP contribution in [0.3, 0.4) is 0 Å². The van der Waals surface area contributed by atoms with E-state index in [2.05, 4.69) is 15.8 Å². The number of amides is 1. The lowest BCUT2D eigenvalue weighted by molar-refractivity contribution is -0.385. The van der Waals surface area contributed by atoms with Gasteiger partial charge in [0.05, 0.1) is 4.92 Å². The minimum absolute atomic E-state index is 0.124. The highest BCUT2D eigenvalue weighted by Gasteiger charge is 2.06. The molecule has 1 heterocycles. The Morgan fingerprint density at radius 1 is 1.35 bits per heavy atom. The zero-order valence-electron chi connectivity index (χ0n) is 12.5. The number of pyridine rings is 1. The van der Waals surface area contributed by atoms with Crippen LogP contribution in [-0.4, -0.2) is 22.4 Å². The molecule has 8 nitrogen and oxygen atoms in total. The standard InChI is InChI=1S/C15H16N4O4/c1-2-11-4-3-5-13(8-11)23-10-15(20)18-17-14-7-6-12(9-16-14)19(21)22/h3-9H,2,10H2,1H3,(H,16,17)(H,18,20). The van der Waals surface area contributed by atoms with Gasteiger partial charge in [-0.2, -0.15) is 0 Å². The van der Waals surface area contributed by atoms with Crippen molar-refractivity contribution < 1.29 is 14.5 Å². The number of nitrogens with zero attached hydrogens (tertiary/aromatic N) is 2. The van der Waals surface area contributed by atoms with Crippen molar-refractivity contribution in [3.63, 3.8) is 0 Å². The van der Waals surface area contributed by atoms with Crippen LogP contribution in [0.1, 0.15) is 12.5 Å². The van der Waals surface area contributed by atoms with Crippen LogP contribution in [0.2, 0.25) is 0 Å². The molecule has 0 aliphatic heterocycles. The van der Waals surface area contributed by atoms with E-state index in [4.69, 9.17) is 4.74 Å². The molecule has 1 aromatic heterocycles. The number of nitro groups is 1. The Labute approximate surface area is 132 Å². The van der Waals surface area contributed by atoms with E-state index >= 15 is 0 Å². The summed E-state index contributed by atoms with van der Waals surface area (Å²) in [7, 11) is 0. The van der Waals surface area contributed by atoms with Gasteiger partial charge in [0.2, 0.25) is 0 Å². The van der Waals surface area contributed by atoms with Crippen LogP contribution in [0.15, 0.2) is 42.6 Å². The third-order valence-electron chi connectivity index (χ3n) is 2.97. The first-order chi connectivity index (χ1) is 11.1. The van der Waals surface area contributed by atoms with Gasteiger partial charge in [-0.15, -0.1) is 0 Å². The van der Waals surface area contributed by atoms with Crippen molar-refractivity contribution >= 4 is 17.4 Å². The highest BCUT2D eigenvalue weighted by atomic mass is 16.6. The minimum atomic E-state index is -0.548. The summed E-state index contributed by atoms with van der Waals surface area (Å²) in [4.78, 5) is 25.4. The molecule has 23 heavy (non-hydrogen) atoms. The van der Waals surface area contributed by atoms with Crippen molar-refractivity contribution in [1.29, 1.82) is 0 Å². The van der Waals surface area contributed by atoms with Crippen LogP contribution in [-0.2, 0) is 11.2 Å². The number of hydrogen-bond acceptors (Lipinski definition) is 6. The van der Waals surface area contributed by atoms with E-state index in [9.17, 15) is 14.9 Å². The number of hydrogen-bond donors (Lipinski definition) is 2. The molecule has 0 saturated carbocycles. The van der Waals surface area contributed by atoms with Gasteiger partial charge in [0, 0.05) is 6.07 Å². The summed E-state index contributed by atoms with van der Waals surface area (Å²) < 4.78 is 5.39. The largest absolute Gasteiger partial charge is 0.484 e. The van der Waals surface area contributed by atoms with Crippen molar-refractivity contribution in [2.24, 2.45) is 0 Å². The molecule has 8 heteroatoms. The van der Waals surface area contributed by atoms with Crippen molar-refractivity contribution in [3.05, 3.63) is 58.3 Å². The van der Waals surface area contributed by atoms with E-state index in [1.165, 1.54) is 12.1 Å². The van der Waals surface area contributed by atoms with Crippen LogP contribution >= 0.6 is 0 Å². The molecular weight excluding hydrogens is 300 g/mol. The number of aromatic nitrogens is 1. The number of benzene rings is 1. The van der Waals surface area contributed by atoms with Gasteiger partial charge in [0.1, 0.15) is 17.8 Å². The summed E-state index contributed by atoms with van der Waals surface area (Å²) in [5, 5.41) is 10.5. The monoisotopic (exact) mass is 316 g/mol. The first kappa shape index (κ1) is 16.2. The van der Waals surface area contributed by atoms with Gasteiger partial charge in [0.25, 0.3) is 11.6 Å². The van der Waals surface area contributed by atoms with Gasteiger partial charge in [-0.1, -0.05) is 19.1 Å². The number of carbonyl (C=O) groups excluding carboxylic acids is 1. The van der Waals surface area contributed by atoms with Crippen LogP contribution in [0.4, 0.5) is 11.5 Å². The van der Waals surface area contributed by atoms with E-state index in [1.54, 1.807) is 6.07 Å². The fourth-order valence-corrected chi connectivity index (χ4v) is 1.74. The van der Waals surface area contributed by atoms with Crippen molar-refractivity contribution in [3.8, 4) is 5.75 Å². The Hall–Kier alpha value is -3.16. The molecular formula is C15H16N4O4. The third-order valence-corrected chi connectivity index (χ3v) is 2.97. The maximum Gasteiger partial charge on any atom is 0.287 e. The molecule has 1 aromatic carbocycles. The van der Waals surface area contributed by atoms with E-state index in [0.29, 0.717) is 5.75 Å². The summed E-state index contributed by atoms with van der Waals surface area (Å²) >= 11 is 0. The average Bonchev–Trinajstić information content (AvgIpc) is 2.58. The number of hydrazine groups is 1. The Bertz CT molecular complexity index is 688. The third kappa shape index (κ3) is 4.95. The zero-order valence-corrected chi connectivity index (χ0v) is 12.5. The van der Waals surface area contributed by atoms with Gasteiger partial charge in [-0.05, 0) is 30.2 Å². The van der Waals surface area contributed by atoms with E-state index in [1.807, 2.05) is 25.1 Å². The molecule has 0 fully saturated rings. The maximum absolute atomic E-state index is 11.7. The second kappa shape index (κ2) is 7.74. The molecule has 0 aliphatic rings. The molecule has 2 N–H and O–H groups in total. The second-order valence-electron chi connectivity index (χ2n) is 4.62. The number of anilines is 1. The van der Waals surface area contributed by atoms with Crippen LogP contribution in [0.5, 0.6) is 5.75 Å².